The van der Waals surface area contributed by atoms with E-state index in [0.717, 1.165) is 134 Å². The maximum Gasteiger partial charge on any atom is 0.127 e. The summed E-state index contributed by atoms with van der Waals surface area (Å²) in [4.78, 5) is 0. The predicted molar refractivity (Wildman–Crippen MR) is 339 cm³/mol. The molecule has 0 saturated heterocycles. The first-order valence-electron chi connectivity index (χ1n) is 32.2. The van der Waals surface area contributed by atoms with Crippen LogP contribution in [0.15, 0.2) is 146 Å². The molecule has 13 rings (SSSR count). The highest BCUT2D eigenvalue weighted by molar-refractivity contribution is 5.68. The fourth-order valence-electron chi connectivity index (χ4n) is 14.9. The van der Waals surface area contributed by atoms with E-state index >= 15 is 0 Å². The van der Waals surface area contributed by atoms with Gasteiger partial charge in [0.05, 0.1) is 24.4 Å². The summed E-state index contributed by atoms with van der Waals surface area (Å²) in [6.45, 7) is 0. The first-order chi connectivity index (χ1) is 42.9. The predicted octanol–water partition coefficient (Wildman–Crippen LogP) is 17.2. The van der Waals surface area contributed by atoms with Crippen LogP contribution < -0.4 is 18.9 Å². The molecule has 0 heterocycles. The second-order valence-electron chi connectivity index (χ2n) is 25.4. The van der Waals surface area contributed by atoms with Crippen molar-refractivity contribution in [1.29, 1.82) is 0 Å². The van der Waals surface area contributed by atoms with Crippen molar-refractivity contribution < 1.29 is 59.8 Å². The van der Waals surface area contributed by atoms with E-state index in [9.17, 15) is 40.9 Å². The lowest BCUT2D eigenvalue weighted by molar-refractivity contribution is 0.151. The summed E-state index contributed by atoms with van der Waals surface area (Å²) in [5, 5.41) is 96.5. The first-order valence-corrected chi connectivity index (χ1v) is 32.2. The Hall–Kier alpha value is -8.64. The lowest BCUT2D eigenvalue weighted by Gasteiger charge is -2.33. The van der Waals surface area contributed by atoms with Crippen molar-refractivity contribution in [2.75, 3.05) is 0 Å². The zero-order valence-electron chi connectivity index (χ0n) is 49.8. The Morgan fingerprint density at radius 2 is 0.398 bits per heavy atom. The van der Waals surface area contributed by atoms with Gasteiger partial charge in [-0.3, -0.25) is 0 Å². The van der Waals surface area contributed by atoms with Crippen molar-refractivity contribution in [3.05, 3.63) is 212 Å². The van der Waals surface area contributed by atoms with E-state index in [1.807, 2.05) is 60.7 Å². The molecule has 88 heavy (non-hydrogen) atoms. The molecule has 2 atom stereocenters. The largest absolute Gasteiger partial charge is 0.508 e. The third-order valence-corrected chi connectivity index (χ3v) is 19.4. The Morgan fingerprint density at radius 1 is 0.216 bits per heavy atom. The lowest BCUT2D eigenvalue weighted by Crippen LogP contribution is -2.23. The summed E-state index contributed by atoms with van der Waals surface area (Å²) < 4.78 is 28.9. The van der Waals surface area contributed by atoms with Crippen LogP contribution >= 0.6 is 0 Å². The number of aromatic hydroxyl groups is 8. The second-order valence-corrected chi connectivity index (χ2v) is 25.4. The van der Waals surface area contributed by atoms with Gasteiger partial charge >= 0.3 is 0 Å². The van der Waals surface area contributed by atoms with Gasteiger partial charge in [-0.25, -0.2) is 0 Å². The zero-order valence-corrected chi connectivity index (χ0v) is 49.8. The summed E-state index contributed by atoms with van der Waals surface area (Å²) in [5.74, 6) is -1.96. The van der Waals surface area contributed by atoms with Crippen LogP contribution in [0.2, 0.25) is 0 Å². The Labute approximate surface area is 515 Å². The van der Waals surface area contributed by atoms with Crippen LogP contribution in [-0.4, -0.2) is 65.3 Å². The first kappa shape index (κ1) is 58.4. The molecule has 0 amide bonds. The Morgan fingerprint density at radius 3 is 0.602 bits per heavy atom. The fraction of sp³-hybridized carbons (Fsp3) is 0.368. The second kappa shape index (κ2) is 25.6. The monoisotopic (exact) mass is 1180 g/mol. The molecule has 0 spiro atoms. The molecule has 12 heteroatoms. The molecule has 8 aromatic rings. The number of hydrogen-bond acceptors (Lipinski definition) is 12. The average Bonchev–Trinajstić information content (AvgIpc) is 2.15. The topological polar surface area (TPSA) is 199 Å². The lowest BCUT2D eigenvalue weighted by atomic mass is 9.75. The van der Waals surface area contributed by atoms with Gasteiger partial charge in [-0.15, -0.1) is 0 Å². The third kappa shape index (κ3) is 12.3. The Balaban J connectivity index is 1.20. The van der Waals surface area contributed by atoms with Crippen molar-refractivity contribution in [1.82, 2.24) is 0 Å². The van der Waals surface area contributed by atoms with Gasteiger partial charge in [0.1, 0.15) is 69.0 Å². The minimum atomic E-state index is -0.955. The molecule has 8 aromatic carbocycles. The highest BCUT2D eigenvalue weighted by Gasteiger charge is 2.38. The van der Waals surface area contributed by atoms with Crippen LogP contribution in [0.25, 0.3) is 0 Å². The van der Waals surface area contributed by atoms with Gasteiger partial charge < -0.3 is 59.8 Å². The number of rotatable bonds is 12. The summed E-state index contributed by atoms with van der Waals surface area (Å²) in [5.41, 5.74) is 6.97. The minimum Gasteiger partial charge on any atom is -0.508 e. The number of ether oxygens (including phenoxy) is 4. The van der Waals surface area contributed by atoms with Crippen molar-refractivity contribution in [3.63, 3.8) is 0 Å². The summed E-state index contributed by atoms with van der Waals surface area (Å²) in [6.07, 6.45) is 17.9. The maximum absolute atomic E-state index is 13.2. The van der Waals surface area contributed by atoms with E-state index in [4.69, 9.17) is 18.9 Å². The molecule has 456 valence electrons. The van der Waals surface area contributed by atoms with Gasteiger partial charge in [0.25, 0.3) is 0 Å². The highest BCUT2D eigenvalue weighted by Crippen LogP contribution is 2.56. The molecular formula is C76H80O12. The maximum atomic E-state index is 13.2. The zero-order chi connectivity index (χ0) is 60.4. The highest BCUT2D eigenvalue weighted by atomic mass is 16.5. The number of benzene rings is 8. The van der Waals surface area contributed by atoms with Gasteiger partial charge in [0.2, 0.25) is 0 Å². The third-order valence-electron chi connectivity index (χ3n) is 19.4. The van der Waals surface area contributed by atoms with Gasteiger partial charge in [-0.1, -0.05) is 74.2 Å². The Bertz CT molecular complexity index is 3520. The van der Waals surface area contributed by atoms with Gasteiger partial charge in [-0.05, 0) is 198 Å². The standard InChI is InChI=1S/C76H80O12/c77-49-29-21-45(22-30-49)73-57-37-61(69(41-65(57)81)85-53-13-5-1-6-14-53)74(46-23-31-50(78)32-24-46)59-39-63(71(43-67(59)83)87-55-17-9-3-10-18-55)76(48-27-35-52(80)36-28-48)64-40-60(68(84)44-72(64)88-56-19-11-4-12-20-56)75(47-25-33-51(79)34-26-47)62-38-58(73)66(82)42-70(62)86-54-15-7-2-8-16-54/h21-44,53-56,73-84H,1-20H2. The summed E-state index contributed by atoms with van der Waals surface area (Å²) in [6, 6.07) is 42.4. The fourth-order valence-corrected chi connectivity index (χ4v) is 14.9. The molecule has 2 unspecified atom stereocenters. The number of fused-ring (bicyclic) bond motifs is 8. The molecule has 4 saturated carbocycles. The molecule has 4 fully saturated rings. The van der Waals surface area contributed by atoms with Gasteiger partial charge in [0, 0.05) is 92.4 Å². The van der Waals surface area contributed by atoms with Crippen molar-refractivity contribution in [3.8, 4) is 69.0 Å². The van der Waals surface area contributed by atoms with Crippen LogP contribution in [-0.2, 0) is 0 Å². The molecule has 0 aliphatic heterocycles. The van der Waals surface area contributed by atoms with Crippen LogP contribution in [0.3, 0.4) is 0 Å². The average molecular weight is 1190 g/mol. The molecule has 8 bridgehead atoms. The quantitative estimate of drug-likeness (QED) is 0.0577. The van der Waals surface area contributed by atoms with E-state index in [-0.39, 0.29) is 70.4 Å². The van der Waals surface area contributed by atoms with E-state index < -0.39 is 23.7 Å². The molecule has 8 N–H and O–H groups in total. The van der Waals surface area contributed by atoms with Crippen LogP contribution in [0.1, 0.15) is 219 Å². The number of phenolic OH excluding ortho intramolecular Hbond substituents is 8. The SMILES string of the molecule is Oc1ccc(C2c3cc(c(OC4CCCCC4)cc3O)C(c3ccc(O)cc3)c3cc(c(OC4CCCCC4)cc3O)C(c3ccc(O)cc3)c3cc(c(O)cc3OC3CCCCC3)C(c3ccc(O)cc3)c3cc2c(O)cc3OC2CCCCC2)cc1. The van der Waals surface area contributed by atoms with Crippen LogP contribution in [0, 0.1) is 0 Å². The molecule has 0 radical (unpaired) electrons. The van der Waals surface area contributed by atoms with E-state index in [0.29, 0.717) is 84.2 Å². The smallest absolute Gasteiger partial charge is 0.127 e. The van der Waals surface area contributed by atoms with Gasteiger partial charge in [0.15, 0.2) is 0 Å². The number of hydrogen-bond donors (Lipinski definition) is 8. The molecule has 0 aromatic heterocycles. The Kier molecular flexibility index (Phi) is 17.0. The summed E-state index contributed by atoms with van der Waals surface area (Å²) >= 11 is 0. The minimum absolute atomic E-state index is 0.0222. The van der Waals surface area contributed by atoms with Crippen LogP contribution in [0.5, 0.6) is 69.0 Å². The van der Waals surface area contributed by atoms with Crippen molar-refractivity contribution in [2.24, 2.45) is 0 Å². The van der Waals surface area contributed by atoms with Crippen LogP contribution in [0.4, 0.5) is 0 Å². The normalized spacial score (nSPS) is 20.5. The number of phenols is 8. The molecular weight excluding hydrogens is 1100 g/mol. The molecule has 5 aliphatic carbocycles. The van der Waals surface area contributed by atoms with E-state index in [1.165, 1.54) is 0 Å². The van der Waals surface area contributed by atoms with Gasteiger partial charge in [-0.2, -0.15) is 0 Å². The van der Waals surface area contributed by atoms with E-state index in [2.05, 4.69) is 0 Å². The molecule has 12 nitrogen and oxygen atoms in total. The van der Waals surface area contributed by atoms with Crippen molar-refractivity contribution >= 4 is 0 Å². The summed E-state index contributed by atoms with van der Waals surface area (Å²) in [7, 11) is 0. The molecule has 5 aliphatic rings. The van der Waals surface area contributed by atoms with E-state index in [1.54, 1.807) is 84.9 Å². The van der Waals surface area contributed by atoms with Crippen molar-refractivity contribution in [2.45, 2.75) is 177 Å².